The van der Waals surface area contributed by atoms with E-state index >= 15 is 0 Å². The summed E-state index contributed by atoms with van der Waals surface area (Å²) in [5.74, 6) is -1.10. The number of hydrogen-bond acceptors (Lipinski definition) is 5. The molecule has 2 rings (SSSR count). The lowest BCUT2D eigenvalue weighted by atomic mass is 10.4. The molecular formula is C10H14N2O4S2. The van der Waals surface area contributed by atoms with Crippen LogP contribution in [-0.2, 0) is 10.0 Å². The topological polar surface area (TPSA) is 86.7 Å². The van der Waals surface area contributed by atoms with Crippen molar-refractivity contribution in [2.75, 3.05) is 26.2 Å². The van der Waals surface area contributed by atoms with Crippen LogP contribution >= 0.6 is 11.3 Å². The SMILES string of the molecule is O=C(O)c1ccc(S(=O)(=O)N2CCCNCC2)s1. The van der Waals surface area contributed by atoms with Crippen molar-refractivity contribution >= 4 is 27.3 Å². The van der Waals surface area contributed by atoms with Crippen molar-refractivity contribution in [3.05, 3.63) is 17.0 Å². The van der Waals surface area contributed by atoms with Crippen molar-refractivity contribution in [2.45, 2.75) is 10.6 Å². The number of hydrogen-bond donors (Lipinski definition) is 2. The lowest BCUT2D eigenvalue weighted by molar-refractivity contribution is 0.0702. The van der Waals surface area contributed by atoms with Crippen LogP contribution in [0.1, 0.15) is 16.1 Å². The summed E-state index contributed by atoms with van der Waals surface area (Å²) in [5.41, 5.74) is 0. The van der Waals surface area contributed by atoms with E-state index in [4.69, 9.17) is 5.11 Å². The molecule has 0 bridgehead atoms. The Bertz CT molecular complexity index is 530. The fraction of sp³-hybridized carbons (Fsp3) is 0.500. The fourth-order valence-corrected chi connectivity index (χ4v) is 4.54. The second-order valence-corrected chi connectivity index (χ2v) is 7.18. The number of carboxylic acids is 1. The second kappa shape index (κ2) is 5.35. The smallest absolute Gasteiger partial charge is 0.345 e. The van der Waals surface area contributed by atoms with Gasteiger partial charge in [-0.3, -0.25) is 0 Å². The first-order chi connectivity index (χ1) is 8.51. The van der Waals surface area contributed by atoms with E-state index in [-0.39, 0.29) is 9.09 Å². The van der Waals surface area contributed by atoms with Crippen molar-refractivity contribution in [1.29, 1.82) is 0 Å². The van der Waals surface area contributed by atoms with E-state index in [9.17, 15) is 13.2 Å². The van der Waals surface area contributed by atoms with Gasteiger partial charge in [-0.15, -0.1) is 11.3 Å². The highest BCUT2D eigenvalue weighted by Gasteiger charge is 2.27. The Morgan fingerprint density at radius 3 is 2.78 bits per heavy atom. The zero-order chi connectivity index (χ0) is 13.2. The van der Waals surface area contributed by atoms with Gasteiger partial charge in [0.05, 0.1) is 0 Å². The lowest BCUT2D eigenvalue weighted by Crippen LogP contribution is -2.33. The number of aromatic carboxylic acids is 1. The van der Waals surface area contributed by atoms with Crippen molar-refractivity contribution in [2.24, 2.45) is 0 Å². The maximum atomic E-state index is 12.3. The van der Waals surface area contributed by atoms with Crippen LogP contribution in [0.3, 0.4) is 0 Å². The largest absolute Gasteiger partial charge is 0.477 e. The summed E-state index contributed by atoms with van der Waals surface area (Å²) in [5, 5.41) is 11.9. The Labute approximate surface area is 109 Å². The second-order valence-electron chi connectivity index (χ2n) is 3.93. The molecule has 0 radical (unpaired) electrons. The van der Waals surface area contributed by atoms with Crippen LogP contribution in [-0.4, -0.2) is 50.0 Å². The maximum absolute atomic E-state index is 12.3. The standard InChI is InChI=1S/C10H14N2O4S2/c13-10(14)8-2-3-9(17-8)18(15,16)12-6-1-4-11-5-7-12/h2-3,11H,1,4-7H2,(H,13,14). The van der Waals surface area contributed by atoms with Gasteiger partial charge in [0, 0.05) is 19.6 Å². The molecule has 1 aromatic heterocycles. The molecule has 1 saturated heterocycles. The van der Waals surface area contributed by atoms with Crippen LogP contribution in [0.4, 0.5) is 0 Å². The van der Waals surface area contributed by atoms with Crippen LogP contribution in [0, 0.1) is 0 Å². The van der Waals surface area contributed by atoms with Gasteiger partial charge in [-0.25, -0.2) is 13.2 Å². The lowest BCUT2D eigenvalue weighted by Gasteiger charge is -2.18. The van der Waals surface area contributed by atoms with E-state index in [0.717, 1.165) is 24.3 Å². The van der Waals surface area contributed by atoms with Crippen molar-refractivity contribution in [1.82, 2.24) is 9.62 Å². The summed E-state index contributed by atoms with van der Waals surface area (Å²) < 4.78 is 26.1. The zero-order valence-electron chi connectivity index (χ0n) is 9.63. The summed E-state index contributed by atoms with van der Waals surface area (Å²) in [7, 11) is -3.55. The summed E-state index contributed by atoms with van der Waals surface area (Å²) >= 11 is 0.799. The number of nitrogens with one attached hydrogen (secondary N) is 1. The Balaban J connectivity index is 2.25. The highest BCUT2D eigenvalue weighted by molar-refractivity contribution is 7.91. The zero-order valence-corrected chi connectivity index (χ0v) is 11.3. The van der Waals surface area contributed by atoms with Crippen LogP contribution in [0.15, 0.2) is 16.3 Å². The van der Waals surface area contributed by atoms with Gasteiger partial charge in [0.25, 0.3) is 10.0 Å². The number of carboxylic acid groups (broad SMARTS) is 1. The van der Waals surface area contributed by atoms with Crippen molar-refractivity contribution in [3.8, 4) is 0 Å². The number of rotatable bonds is 3. The van der Waals surface area contributed by atoms with Crippen LogP contribution in [0.25, 0.3) is 0 Å². The summed E-state index contributed by atoms with van der Waals surface area (Å²) in [6.07, 6.45) is 0.760. The molecule has 0 unspecified atom stereocenters. The Hall–Kier alpha value is -0.960. The molecule has 2 N–H and O–H groups in total. The number of carbonyl (C=O) groups is 1. The molecule has 1 aliphatic heterocycles. The van der Waals surface area contributed by atoms with E-state index in [1.165, 1.54) is 16.4 Å². The fourth-order valence-electron chi connectivity index (χ4n) is 1.76. The monoisotopic (exact) mass is 290 g/mol. The van der Waals surface area contributed by atoms with Crippen LogP contribution < -0.4 is 5.32 Å². The van der Waals surface area contributed by atoms with Crippen LogP contribution in [0.2, 0.25) is 0 Å². The van der Waals surface area contributed by atoms with Gasteiger partial charge in [-0.2, -0.15) is 4.31 Å². The Morgan fingerprint density at radius 2 is 2.11 bits per heavy atom. The van der Waals surface area contributed by atoms with Gasteiger partial charge in [0.15, 0.2) is 0 Å². The Kier molecular flexibility index (Phi) is 4.00. The maximum Gasteiger partial charge on any atom is 0.345 e. The minimum absolute atomic E-state index is 0.0431. The highest BCUT2D eigenvalue weighted by Crippen LogP contribution is 2.25. The molecule has 8 heteroatoms. The van der Waals surface area contributed by atoms with Gasteiger partial charge < -0.3 is 10.4 Å². The molecule has 0 amide bonds. The number of thiophene rings is 1. The first-order valence-corrected chi connectivity index (χ1v) is 7.81. The van der Waals surface area contributed by atoms with E-state index in [1.807, 2.05) is 0 Å². The molecule has 0 aromatic carbocycles. The first-order valence-electron chi connectivity index (χ1n) is 5.56. The first kappa shape index (κ1) is 13.5. The third-order valence-electron chi connectivity index (χ3n) is 2.69. The molecule has 1 aliphatic rings. The highest BCUT2D eigenvalue weighted by atomic mass is 32.2. The quantitative estimate of drug-likeness (QED) is 0.843. The van der Waals surface area contributed by atoms with Gasteiger partial charge in [-0.05, 0) is 25.1 Å². The molecule has 18 heavy (non-hydrogen) atoms. The summed E-state index contributed by atoms with van der Waals surface area (Å²) in [6.45, 7) is 2.31. The van der Waals surface area contributed by atoms with Crippen LogP contribution in [0.5, 0.6) is 0 Å². The molecule has 2 heterocycles. The molecule has 0 spiro atoms. The third kappa shape index (κ3) is 2.72. The normalized spacial score (nSPS) is 18.4. The molecule has 100 valence electrons. The van der Waals surface area contributed by atoms with Gasteiger partial charge in [0.1, 0.15) is 9.09 Å². The number of nitrogens with zero attached hydrogens (tertiary/aromatic N) is 1. The molecule has 1 aromatic rings. The molecular weight excluding hydrogens is 276 g/mol. The molecule has 0 saturated carbocycles. The predicted molar refractivity (Wildman–Crippen MR) is 67.5 cm³/mol. The minimum Gasteiger partial charge on any atom is -0.477 e. The van der Waals surface area contributed by atoms with E-state index in [2.05, 4.69) is 5.32 Å². The van der Waals surface area contributed by atoms with Gasteiger partial charge >= 0.3 is 5.97 Å². The number of sulfonamides is 1. The van der Waals surface area contributed by atoms with E-state index in [0.29, 0.717) is 19.6 Å². The molecule has 6 nitrogen and oxygen atoms in total. The van der Waals surface area contributed by atoms with Crippen molar-refractivity contribution in [3.63, 3.8) is 0 Å². The average molecular weight is 290 g/mol. The van der Waals surface area contributed by atoms with Crippen molar-refractivity contribution < 1.29 is 18.3 Å². The van der Waals surface area contributed by atoms with Gasteiger partial charge in [0.2, 0.25) is 0 Å². The molecule has 1 fully saturated rings. The predicted octanol–water partition coefficient (Wildman–Crippen LogP) is 0.430. The minimum atomic E-state index is -3.55. The molecule has 0 aliphatic carbocycles. The average Bonchev–Trinajstić information content (AvgIpc) is 2.66. The van der Waals surface area contributed by atoms with Gasteiger partial charge in [-0.1, -0.05) is 0 Å². The molecule has 0 atom stereocenters. The summed E-state index contributed by atoms with van der Waals surface area (Å²) in [6, 6.07) is 2.69. The van der Waals surface area contributed by atoms with E-state index < -0.39 is 16.0 Å². The van der Waals surface area contributed by atoms with E-state index in [1.54, 1.807) is 0 Å². The Morgan fingerprint density at radius 1 is 1.33 bits per heavy atom. The summed E-state index contributed by atoms with van der Waals surface area (Å²) in [4.78, 5) is 10.8. The third-order valence-corrected chi connectivity index (χ3v) is 6.12.